The first-order valence-electron chi connectivity index (χ1n) is 9.22. The van der Waals surface area contributed by atoms with Crippen LogP contribution in [0.1, 0.15) is 27.6 Å². The molecule has 2 fully saturated rings. The second kappa shape index (κ2) is 6.56. The Labute approximate surface area is 161 Å². The summed E-state index contributed by atoms with van der Waals surface area (Å²) in [6, 6.07) is 9.69. The molecule has 3 heterocycles. The van der Waals surface area contributed by atoms with Gasteiger partial charge in [-0.15, -0.1) is 11.3 Å². The van der Waals surface area contributed by atoms with Crippen LogP contribution >= 0.6 is 11.3 Å². The third-order valence-electron chi connectivity index (χ3n) is 5.54. The van der Waals surface area contributed by atoms with Crippen molar-refractivity contribution >= 4 is 23.2 Å². The van der Waals surface area contributed by atoms with E-state index in [-0.39, 0.29) is 30.4 Å². The molecule has 0 bridgehead atoms. The third kappa shape index (κ3) is 3.06. The lowest BCUT2D eigenvalue weighted by Gasteiger charge is -2.34. The average Bonchev–Trinajstić information content (AvgIpc) is 3.09. The number of nitrogens with zero attached hydrogens (tertiary/aromatic N) is 2. The smallest absolute Gasteiger partial charge is 0.264 e. The van der Waals surface area contributed by atoms with Crippen molar-refractivity contribution in [1.29, 1.82) is 0 Å². The van der Waals surface area contributed by atoms with Crippen LogP contribution in [0.5, 0.6) is 11.5 Å². The molecule has 7 heteroatoms. The molecule has 2 aromatic rings. The summed E-state index contributed by atoms with van der Waals surface area (Å²) in [6.07, 6.45) is 0.882. The Morgan fingerprint density at radius 2 is 1.78 bits per heavy atom. The van der Waals surface area contributed by atoms with Crippen LogP contribution in [0.3, 0.4) is 0 Å². The van der Waals surface area contributed by atoms with Crippen molar-refractivity contribution < 1.29 is 19.1 Å². The molecule has 0 radical (unpaired) electrons. The molecule has 0 spiro atoms. The fourth-order valence-corrected chi connectivity index (χ4v) is 4.59. The van der Waals surface area contributed by atoms with Crippen LogP contribution in [0, 0.1) is 5.92 Å². The molecule has 1 aromatic carbocycles. The van der Waals surface area contributed by atoms with Gasteiger partial charge in [0, 0.05) is 32.1 Å². The molecule has 2 amide bonds. The van der Waals surface area contributed by atoms with Gasteiger partial charge in [0.05, 0.1) is 4.88 Å². The minimum absolute atomic E-state index is 0.0462. The first-order chi connectivity index (χ1) is 13.2. The van der Waals surface area contributed by atoms with Crippen LogP contribution in [0.4, 0.5) is 0 Å². The highest BCUT2D eigenvalue weighted by molar-refractivity contribution is 7.12. The lowest BCUT2D eigenvalue weighted by atomic mass is 10.1. The van der Waals surface area contributed by atoms with Gasteiger partial charge in [0.1, 0.15) is 0 Å². The van der Waals surface area contributed by atoms with Gasteiger partial charge in [-0.2, -0.15) is 0 Å². The van der Waals surface area contributed by atoms with Crippen molar-refractivity contribution in [3.63, 3.8) is 0 Å². The monoisotopic (exact) mass is 384 g/mol. The van der Waals surface area contributed by atoms with Crippen LogP contribution in [0.2, 0.25) is 0 Å². The standard InChI is InChI=1S/C20H20N2O4S/c23-19(15-11-14(15)13-3-4-16-17(10-13)26-12-25-16)21-5-7-22(8-6-21)20(24)18-2-1-9-27-18/h1-4,9-10,14-15H,5-8,11-12H2/t14-,15-/m0/s1. The normalized spacial score (nSPS) is 23.4. The third-order valence-corrected chi connectivity index (χ3v) is 6.40. The lowest BCUT2D eigenvalue weighted by Crippen LogP contribution is -2.51. The van der Waals surface area contributed by atoms with Crippen LogP contribution in [0.15, 0.2) is 35.7 Å². The van der Waals surface area contributed by atoms with Crippen molar-refractivity contribution in [2.75, 3.05) is 33.0 Å². The van der Waals surface area contributed by atoms with Gasteiger partial charge in [0.15, 0.2) is 11.5 Å². The summed E-state index contributed by atoms with van der Waals surface area (Å²) in [6.45, 7) is 2.69. The Morgan fingerprint density at radius 1 is 1.00 bits per heavy atom. The maximum Gasteiger partial charge on any atom is 0.264 e. The molecule has 1 aliphatic carbocycles. The van der Waals surface area contributed by atoms with E-state index in [9.17, 15) is 9.59 Å². The minimum atomic E-state index is 0.0462. The summed E-state index contributed by atoms with van der Waals surface area (Å²) in [5.41, 5.74) is 1.14. The average molecular weight is 384 g/mol. The van der Waals surface area contributed by atoms with E-state index in [1.54, 1.807) is 0 Å². The summed E-state index contributed by atoms with van der Waals surface area (Å²) in [7, 11) is 0. The minimum Gasteiger partial charge on any atom is -0.454 e. The first-order valence-corrected chi connectivity index (χ1v) is 10.1. The lowest BCUT2D eigenvalue weighted by molar-refractivity contribution is -0.134. The van der Waals surface area contributed by atoms with Crippen molar-refractivity contribution in [3.8, 4) is 11.5 Å². The zero-order chi connectivity index (χ0) is 18.4. The summed E-state index contributed by atoms with van der Waals surface area (Å²) >= 11 is 1.46. The Bertz CT molecular complexity index is 874. The molecule has 3 aliphatic rings. The Kier molecular flexibility index (Phi) is 4.04. The van der Waals surface area contributed by atoms with E-state index in [0.29, 0.717) is 26.2 Å². The molecule has 2 atom stereocenters. The van der Waals surface area contributed by atoms with Crippen molar-refractivity contribution in [2.45, 2.75) is 12.3 Å². The zero-order valence-corrected chi connectivity index (χ0v) is 15.6. The van der Waals surface area contributed by atoms with E-state index in [1.165, 1.54) is 11.3 Å². The maximum atomic E-state index is 12.9. The molecule has 140 valence electrons. The molecule has 1 saturated heterocycles. The summed E-state index contributed by atoms with van der Waals surface area (Å²) in [5, 5.41) is 1.91. The number of benzene rings is 1. The van der Waals surface area contributed by atoms with Crippen LogP contribution < -0.4 is 9.47 Å². The Morgan fingerprint density at radius 3 is 2.56 bits per heavy atom. The van der Waals surface area contributed by atoms with Gasteiger partial charge in [-0.1, -0.05) is 12.1 Å². The number of fused-ring (bicyclic) bond motifs is 1. The van der Waals surface area contributed by atoms with E-state index in [2.05, 4.69) is 0 Å². The fraction of sp³-hybridized carbons (Fsp3) is 0.400. The topological polar surface area (TPSA) is 59.1 Å². The molecule has 5 rings (SSSR count). The summed E-state index contributed by atoms with van der Waals surface area (Å²) in [4.78, 5) is 29.8. The highest BCUT2D eigenvalue weighted by Gasteiger charge is 2.46. The van der Waals surface area contributed by atoms with Crippen molar-refractivity contribution in [2.24, 2.45) is 5.92 Å². The number of carbonyl (C=O) groups excluding carboxylic acids is 2. The van der Waals surface area contributed by atoms with Crippen LogP contribution in [0.25, 0.3) is 0 Å². The number of thiophene rings is 1. The van der Waals surface area contributed by atoms with Crippen molar-refractivity contribution in [1.82, 2.24) is 9.80 Å². The Hall–Kier alpha value is -2.54. The molecule has 2 aliphatic heterocycles. The molecule has 0 N–H and O–H groups in total. The number of carbonyl (C=O) groups is 2. The van der Waals surface area contributed by atoms with Crippen LogP contribution in [-0.2, 0) is 4.79 Å². The van der Waals surface area contributed by atoms with Crippen molar-refractivity contribution in [3.05, 3.63) is 46.2 Å². The molecular weight excluding hydrogens is 364 g/mol. The van der Waals surface area contributed by atoms with E-state index < -0.39 is 0 Å². The Balaban J connectivity index is 1.18. The molecule has 0 unspecified atom stereocenters. The highest BCUT2D eigenvalue weighted by Crippen LogP contribution is 2.50. The first kappa shape index (κ1) is 16.6. The number of hydrogen-bond acceptors (Lipinski definition) is 5. The molecule has 1 saturated carbocycles. The molecule has 6 nitrogen and oxygen atoms in total. The van der Waals surface area contributed by atoms with Gasteiger partial charge < -0.3 is 19.3 Å². The van der Waals surface area contributed by atoms with Gasteiger partial charge >= 0.3 is 0 Å². The second-order valence-corrected chi connectivity index (χ2v) is 8.10. The predicted molar refractivity (Wildman–Crippen MR) is 100 cm³/mol. The largest absolute Gasteiger partial charge is 0.454 e. The highest BCUT2D eigenvalue weighted by atomic mass is 32.1. The fourth-order valence-electron chi connectivity index (χ4n) is 3.90. The second-order valence-electron chi connectivity index (χ2n) is 7.16. The van der Waals surface area contributed by atoms with E-state index in [1.807, 2.05) is 45.5 Å². The SMILES string of the molecule is O=C(c1cccs1)N1CCN(C(=O)[C@H]2C[C@H]2c2ccc3c(c2)OCO3)CC1. The quantitative estimate of drug-likeness (QED) is 0.816. The van der Waals surface area contributed by atoms with Gasteiger partial charge in [-0.3, -0.25) is 9.59 Å². The summed E-state index contributed by atoms with van der Waals surface area (Å²) in [5.74, 6) is 2.13. The van der Waals surface area contributed by atoms with E-state index in [4.69, 9.17) is 9.47 Å². The number of amides is 2. The summed E-state index contributed by atoms with van der Waals surface area (Å²) < 4.78 is 10.8. The van der Waals surface area contributed by atoms with Gasteiger partial charge in [0.25, 0.3) is 5.91 Å². The number of ether oxygens (including phenoxy) is 2. The van der Waals surface area contributed by atoms with Crippen LogP contribution in [-0.4, -0.2) is 54.6 Å². The van der Waals surface area contributed by atoms with Gasteiger partial charge in [-0.05, 0) is 41.5 Å². The molecule has 1 aromatic heterocycles. The number of piperazine rings is 1. The predicted octanol–water partition coefficient (Wildman–Crippen LogP) is 2.56. The molecular formula is C20H20N2O4S. The number of rotatable bonds is 3. The van der Waals surface area contributed by atoms with E-state index in [0.717, 1.165) is 28.4 Å². The zero-order valence-electron chi connectivity index (χ0n) is 14.8. The van der Waals surface area contributed by atoms with E-state index >= 15 is 0 Å². The maximum absolute atomic E-state index is 12.9. The number of hydrogen-bond donors (Lipinski definition) is 0. The van der Waals surface area contributed by atoms with Gasteiger partial charge in [-0.25, -0.2) is 0 Å². The molecule has 27 heavy (non-hydrogen) atoms. The van der Waals surface area contributed by atoms with Gasteiger partial charge in [0.2, 0.25) is 12.7 Å².